The molecule has 1 rings (SSSR count). The van der Waals surface area contributed by atoms with Crippen molar-refractivity contribution in [3.63, 3.8) is 0 Å². The molecule has 1 aliphatic heterocycles. The van der Waals surface area contributed by atoms with Gasteiger partial charge in [-0.3, -0.25) is 4.79 Å². The van der Waals surface area contributed by atoms with Crippen molar-refractivity contribution in [2.24, 2.45) is 11.3 Å². The maximum Gasteiger partial charge on any atom is 0.236 e. The Bertz CT molecular complexity index is 239. The second-order valence-corrected chi connectivity index (χ2v) is 6.34. The van der Waals surface area contributed by atoms with Crippen molar-refractivity contribution in [2.75, 3.05) is 26.2 Å². The third-order valence-electron chi connectivity index (χ3n) is 3.91. The third-order valence-corrected chi connectivity index (χ3v) is 3.91. The smallest absolute Gasteiger partial charge is 0.236 e. The molecule has 0 radical (unpaired) electrons. The lowest BCUT2D eigenvalue weighted by Crippen LogP contribution is -2.42. The van der Waals surface area contributed by atoms with Crippen molar-refractivity contribution in [3.8, 4) is 0 Å². The Balaban J connectivity index is 2.19. The lowest BCUT2D eigenvalue weighted by atomic mass is 9.82. The van der Waals surface area contributed by atoms with Crippen LogP contribution in [0.3, 0.4) is 0 Å². The van der Waals surface area contributed by atoms with Crippen LogP contribution in [0.25, 0.3) is 0 Å². The number of amides is 1. The summed E-state index contributed by atoms with van der Waals surface area (Å²) in [5.41, 5.74) is 0.307. The van der Waals surface area contributed by atoms with Gasteiger partial charge >= 0.3 is 0 Å². The standard InChI is InChI=1S/C14H28N2O/c1-12(14(2,3)4)10-15-11-13(17)16-8-6-5-7-9-16/h12,15H,5-11H2,1-4H3. The zero-order valence-electron chi connectivity index (χ0n) is 11.9. The first-order valence-corrected chi connectivity index (χ1v) is 6.90. The second-order valence-electron chi connectivity index (χ2n) is 6.34. The molecule has 1 unspecified atom stereocenters. The average Bonchev–Trinajstić information content (AvgIpc) is 2.28. The van der Waals surface area contributed by atoms with Crippen LogP contribution in [0.2, 0.25) is 0 Å². The van der Waals surface area contributed by atoms with Gasteiger partial charge in [0.05, 0.1) is 6.54 Å². The van der Waals surface area contributed by atoms with Crippen LogP contribution in [0.4, 0.5) is 0 Å². The molecule has 1 amide bonds. The Morgan fingerprint density at radius 1 is 1.24 bits per heavy atom. The zero-order valence-corrected chi connectivity index (χ0v) is 11.9. The number of likely N-dealkylation sites (tertiary alicyclic amines) is 1. The van der Waals surface area contributed by atoms with Crippen LogP contribution in [-0.4, -0.2) is 37.0 Å². The molecule has 0 saturated carbocycles. The van der Waals surface area contributed by atoms with E-state index in [0.29, 0.717) is 17.9 Å². The van der Waals surface area contributed by atoms with Crippen LogP contribution in [-0.2, 0) is 4.79 Å². The fraction of sp³-hybridized carbons (Fsp3) is 0.929. The molecule has 0 bridgehead atoms. The predicted octanol–water partition coefficient (Wildman–Crippen LogP) is 2.27. The van der Waals surface area contributed by atoms with Crippen LogP contribution >= 0.6 is 0 Å². The first kappa shape index (κ1) is 14.5. The van der Waals surface area contributed by atoms with E-state index in [9.17, 15) is 4.79 Å². The number of carbonyl (C=O) groups excluding carboxylic acids is 1. The summed E-state index contributed by atoms with van der Waals surface area (Å²) >= 11 is 0. The molecule has 3 nitrogen and oxygen atoms in total. The Morgan fingerprint density at radius 2 is 1.82 bits per heavy atom. The fourth-order valence-electron chi connectivity index (χ4n) is 1.96. The molecule has 0 aromatic heterocycles. The Morgan fingerprint density at radius 3 is 2.35 bits per heavy atom. The molecule has 0 aromatic rings. The molecule has 1 atom stereocenters. The summed E-state index contributed by atoms with van der Waals surface area (Å²) in [6, 6.07) is 0. The lowest BCUT2D eigenvalue weighted by Gasteiger charge is -2.29. The third kappa shape index (κ3) is 5.07. The van der Waals surface area contributed by atoms with Gasteiger partial charge in [-0.1, -0.05) is 27.7 Å². The highest BCUT2D eigenvalue weighted by Gasteiger charge is 2.20. The summed E-state index contributed by atoms with van der Waals surface area (Å²) in [6.45, 7) is 12.3. The number of hydrogen-bond donors (Lipinski definition) is 1. The van der Waals surface area contributed by atoms with Crippen molar-refractivity contribution >= 4 is 5.91 Å². The maximum atomic E-state index is 11.9. The molecule has 1 aliphatic rings. The van der Waals surface area contributed by atoms with Gasteiger partial charge in [-0.15, -0.1) is 0 Å². The normalized spacial score (nSPS) is 19.2. The van der Waals surface area contributed by atoms with Gasteiger partial charge in [0, 0.05) is 13.1 Å². The van der Waals surface area contributed by atoms with Gasteiger partial charge in [-0.25, -0.2) is 0 Å². The topological polar surface area (TPSA) is 32.3 Å². The summed E-state index contributed by atoms with van der Waals surface area (Å²) in [7, 11) is 0. The number of piperidine rings is 1. The molecule has 0 spiro atoms. The van der Waals surface area contributed by atoms with Crippen molar-refractivity contribution in [1.82, 2.24) is 10.2 Å². The largest absolute Gasteiger partial charge is 0.342 e. The van der Waals surface area contributed by atoms with E-state index in [0.717, 1.165) is 19.6 Å². The highest BCUT2D eigenvalue weighted by molar-refractivity contribution is 5.78. The first-order valence-electron chi connectivity index (χ1n) is 6.90. The van der Waals surface area contributed by atoms with Crippen molar-refractivity contribution < 1.29 is 4.79 Å². The van der Waals surface area contributed by atoms with Gasteiger partial charge in [-0.2, -0.15) is 0 Å². The summed E-state index contributed by atoms with van der Waals surface area (Å²) < 4.78 is 0. The minimum Gasteiger partial charge on any atom is -0.342 e. The Kier molecular flexibility index (Phi) is 5.44. The van der Waals surface area contributed by atoms with Gasteiger partial charge in [0.2, 0.25) is 5.91 Å². The lowest BCUT2D eigenvalue weighted by molar-refractivity contribution is -0.131. The monoisotopic (exact) mass is 240 g/mol. The van der Waals surface area contributed by atoms with Crippen LogP contribution in [0, 0.1) is 11.3 Å². The van der Waals surface area contributed by atoms with E-state index in [2.05, 4.69) is 33.0 Å². The van der Waals surface area contributed by atoms with E-state index >= 15 is 0 Å². The summed E-state index contributed by atoms with van der Waals surface area (Å²) in [4.78, 5) is 13.9. The highest BCUT2D eigenvalue weighted by atomic mass is 16.2. The molecule has 1 saturated heterocycles. The minimum atomic E-state index is 0.269. The average molecular weight is 240 g/mol. The Labute approximate surface area is 106 Å². The van der Waals surface area contributed by atoms with E-state index in [1.807, 2.05) is 4.90 Å². The Hall–Kier alpha value is -0.570. The van der Waals surface area contributed by atoms with Crippen molar-refractivity contribution in [3.05, 3.63) is 0 Å². The summed E-state index contributed by atoms with van der Waals surface area (Å²) in [5, 5.41) is 3.30. The van der Waals surface area contributed by atoms with E-state index in [1.165, 1.54) is 19.3 Å². The van der Waals surface area contributed by atoms with E-state index in [4.69, 9.17) is 0 Å². The fourth-order valence-corrected chi connectivity index (χ4v) is 1.96. The molecular formula is C14H28N2O. The van der Waals surface area contributed by atoms with Gasteiger partial charge in [0.25, 0.3) is 0 Å². The number of hydrogen-bond acceptors (Lipinski definition) is 2. The molecule has 100 valence electrons. The minimum absolute atomic E-state index is 0.269. The number of rotatable bonds is 4. The molecule has 1 N–H and O–H groups in total. The number of nitrogens with zero attached hydrogens (tertiary/aromatic N) is 1. The molecule has 0 aliphatic carbocycles. The van der Waals surface area contributed by atoms with Gasteiger partial charge in [0.15, 0.2) is 0 Å². The SMILES string of the molecule is CC(CNCC(=O)N1CCCCC1)C(C)(C)C. The number of nitrogens with one attached hydrogen (secondary N) is 1. The maximum absolute atomic E-state index is 11.9. The summed E-state index contributed by atoms with van der Waals surface area (Å²) in [5.74, 6) is 0.850. The molecule has 1 fully saturated rings. The second kappa shape index (κ2) is 6.39. The molecule has 0 aromatic carbocycles. The highest BCUT2D eigenvalue weighted by Crippen LogP contribution is 2.24. The van der Waals surface area contributed by atoms with Crippen LogP contribution in [0.15, 0.2) is 0 Å². The van der Waals surface area contributed by atoms with Crippen molar-refractivity contribution in [1.29, 1.82) is 0 Å². The van der Waals surface area contributed by atoms with E-state index in [1.54, 1.807) is 0 Å². The van der Waals surface area contributed by atoms with Crippen molar-refractivity contribution in [2.45, 2.75) is 47.0 Å². The number of carbonyl (C=O) groups is 1. The van der Waals surface area contributed by atoms with E-state index < -0.39 is 0 Å². The van der Waals surface area contributed by atoms with Gasteiger partial charge in [-0.05, 0) is 37.1 Å². The first-order chi connectivity index (χ1) is 7.91. The van der Waals surface area contributed by atoms with E-state index in [-0.39, 0.29) is 5.91 Å². The quantitative estimate of drug-likeness (QED) is 0.817. The molecule has 1 heterocycles. The molecule has 17 heavy (non-hydrogen) atoms. The molecular weight excluding hydrogens is 212 g/mol. The van der Waals surface area contributed by atoms with Crippen LogP contribution < -0.4 is 5.32 Å². The zero-order chi connectivity index (χ0) is 12.9. The predicted molar refractivity (Wildman–Crippen MR) is 71.9 cm³/mol. The molecule has 3 heteroatoms. The summed E-state index contributed by atoms with van der Waals surface area (Å²) in [6.07, 6.45) is 3.62. The van der Waals surface area contributed by atoms with Crippen LogP contribution in [0.1, 0.15) is 47.0 Å². The van der Waals surface area contributed by atoms with Gasteiger partial charge < -0.3 is 10.2 Å². The van der Waals surface area contributed by atoms with Crippen LogP contribution in [0.5, 0.6) is 0 Å². The van der Waals surface area contributed by atoms with Gasteiger partial charge in [0.1, 0.15) is 0 Å².